The molecule has 1 aliphatic rings. The summed E-state index contributed by atoms with van der Waals surface area (Å²) in [4.78, 5) is 3.85. The van der Waals surface area contributed by atoms with Crippen molar-refractivity contribution in [2.75, 3.05) is 10.6 Å². The molecule has 0 unspecified atom stereocenters. The largest absolute Gasteiger partial charge is 0.397 e. The van der Waals surface area contributed by atoms with Gasteiger partial charge < -0.3 is 10.6 Å². The summed E-state index contributed by atoms with van der Waals surface area (Å²) in [5.74, 6) is 0. The van der Waals surface area contributed by atoms with Crippen molar-refractivity contribution in [2.45, 2.75) is 25.4 Å². The molecule has 0 atom stereocenters. The van der Waals surface area contributed by atoms with Gasteiger partial charge in [-0.05, 0) is 36.4 Å². The first-order valence-corrected chi connectivity index (χ1v) is 6.86. The molecule has 2 aromatic rings. The Hall–Kier alpha value is -1.48. The summed E-state index contributed by atoms with van der Waals surface area (Å²) in [5.41, 5.74) is 8.15. The highest BCUT2D eigenvalue weighted by molar-refractivity contribution is 7.09. The zero-order valence-electron chi connectivity index (χ0n) is 9.67. The molecule has 17 heavy (non-hydrogen) atoms. The van der Waals surface area contributed by atoms with Gasteiger partial charge in [0.25, 0.3) is 0 Å². The molecule has 1 heterocycles. The molecule has 2 nitrogen and oxygen atoms in total. The Bertz CT molecular complexity index is 489. The normalized spacial score (nSPS) is 14.8. The Morgan fingerprint density at radius 1 is 1.18 bits per heavy atom. The van der Waals surface area contributed by atoms with Gasteiger partial charge in [-0.2, -0.15) is 0 Å². The summed E-state index contributed by atoms with van der Waals surface area (Å²) >= 11 is 1.81. The molecule has 0 radical (unpaired) electrons. The first-order chi connectivity index (χ1) is 8.34. The van der Waals surface area contributed by atoms with Crippen molar-refractivity contribution >= 4 is 22.7 Å². The van der Waals surface area contributed by atoms with Crippen LogP contribution in [0, 0.1) is 0 Å². The fraction of sp³-hybridized carbons (Fsp3) is 0.286. The van der Waals surface area contributed by atoms with E-state index >= 15 is 0 Å². The summed E-state index contributed by atoms with van der Waals surface area (Å²) in [6.45, 7) is 0.983. The minimum absolute atomic E-state index is 0.682. The van der Waals surface area contributed by atoms with E-state index < -0.39 is 0 Å². The van der Waals surface area contributed by atoms with E-state index in [1.807, 2.05) is 23.5 Å². The Morgan fingerprint density at radius 3 is 2.65 bits per heavy atom. The van der Waals surface area contributed by atoms with E-state index in [-0.39, 0.29) is 0 Å². The molecule has 1 aromatic carbocycles. The van der Waals surface area contributed by atoms with Crippen LogP contribution in [0.3, 0.4) is 0 Å². The molecule has 3 heteroatoms. The average molecular weight is 244 g/mol. The lowest BCUT2D eigenvalue weighted by Crippen LogP contribution is -2.25. The predicted octanol–water partition coefficient (Wildman–Crippen LogP) is 3.50. The lowest BCUT2D eigenvalue weighted by Gasteiger charge is -2.25. The number of rotatable bonds is 4. The van der Waals surface area contributed by atoms with Crippen molar-refractivity contribution in [2.24, 2.45) is 0 Å². The van der Waals surface area contributed by atoms with Gasteiger partial charge in [0, 0.05) is 10.9 Å². The number of thiophene rings is 1. The molecular weight excluding hydrogens is 228 g/mol. The van der Waals surface area contributed by atoms with Crippen LogP contribution in [0.2, 0.25) is 0 Å². The molecule has 0 spiro atoms. The van der Waals surface area contributed by atoms with E-state index in [4.69, 9.17) is 5.73 Å². The first kappa shape index (κ1) is 10.7. The maximum Gasteiger partial charge on any atom is 0.0605 e. The molecule has 0 bridgehead atoms. The van der Waals surface area contributed by atoms with E-state index in [2.05, 4.69) is 34.5 Å². The molecule has 0 amide bonds. The second-order valence-corrected chi connectivity index (χ2v) is 5.53. The zero-order chi connectivity index (χ0) is 11.7. The number of anilines is 2. The minimum Gasteiger partial charge on any atom is -0.397 e. The predicted molar refractivity (Wildman–Crippen MR) is 74.4 cm³/mol. The molecule has 0 aliphatic heterocycles. The lowest BCUT2D eigenvalue weighted by atomic mass is 10.2. The smallest absolute Gasteiger partial charge is 0.0605 e. The quantitative estimate of drug-likeness (QED) is 0.834. The number of nitrogens with zero attached hydrogens (tertiary/aromatic N) is 1. The van der Waals surface area contributed by atoms with Crippen LogP contribution in [-0.4, -0.2) is 6.04 Å². The van der Waals surface area contributed by atoms with Gasteiger partial charge in [0.15, 0.2) is 0 Å². The van der Waals surface area contributed by atoms with E-state index in [0.29, 0.717) is 6.04 Å². The van der Waals surface area contributed by atoms with E-state index in [1.165, 1.54) is 23.4 Å². The lowest BCUT2D eigenvalue weighted by molar-refractivity contribution is 0.805. The SMILES string of the molecule is Nc1ccccc1N(Cc1cccs1)C1CC1. The highest BCUT2D eigenvalue weighted by Gasteiger charge is 2.30. The Balaban J connectivity index is 1.88. The summed E-state index contributed by atoms with van der Waals surface area (Å²) in [6, 6.07) is 13.2. The van der Waals surface area contributed by atoms with Gasteiger partial charge in [0.05, 0.1) is 17.9 Å². The fourth-order valence-electron chi connectivity index (χ4n) is 2.12. The molecular formula is C14H16N2S. The van der Waals surface area contributed by atoms with Crippen LogP contribution in [0.4, 0.5) is 11.4 Å². The van der Waals surface area contributed by atoms with Crippen molar-refractivity contribution in [1.29, 1.82) is 0 Å². The molecule has 3 rings (SSSR count). The molecule has 1 saturated carbocycles. The van der Waals surface area contributed by atoms with Crippen LogP contribution in [-0.2, 0) is 6.54 Å². The number of hydrogen-bond acceptors (Lipinski definition) is 3. The minimum atomic E-state index is 0.682. The number of benzene rings is 1. The van der Waals surface area contributed by atoms with Gasteiger partial charge in [-0.3, -0.25) is 0 Å². The summed E-state index contributed by atoms with van der Waals surface area (Å²) in [5, 5.41) is 2.13. The molecule has 1 aliphatic carbocycles. The fourth-order valence-corrected chi connectivity index (χ4v) is 2.82. The van der Waals surface area contributed by atoms with Crippen molar-refractivity contribution in [1.82, 2.24) is 0 Å². The summed E-state index contributed by atoms with van der Waals surface area (Å²) < 4.78 is 0. The maximum absolute atomic E-state index is 6.08. The molecule has 2 N–H and O–H groups in total. The van der Waals surface area contributed by atoms with Crippen LogP contribution < -0.4 is 10.6 Å². The number of hydrogen-bond donors (Lipinski definition) is 1. The Labute approximate surface area is 106 Å². The van der Waals surface area contributed by atoms with Crippen molar-refractivity contribution < 1.29 is 0 Å². The summed E-state index contributed by atoms with van der Waals surface area (Å²) in [7, 11) is 0. The van der Waals surface area contributed by atoms with E-state index in [0.717, 1.165) is 12.2 Å². The van der Waals surface area contributed by atoms with Crippen molar-refractivity contribution in [3.8, 4) is 0 Å². The van der Waals surface area contributed by atoms with Gasteiger partial charge in [0.2, 0.25) is 0 Å². The molecule has 1 fully saturated rings. The van der Waals surface area contributed by atoms with Crippen LogP contribution in [0.1, 0.15) is 17.7 Å². The third-order valence-electron chi connectivity index (χ3n) is 3.14. The van der Waals surface area contributed by atoms with Crippen molar-refractivity contribution in [3.63, 3.8) is 0 Å². The second kappa shape index (κ2) is 4.41. The van der Waals surface area contributed by atoms with Gasteiger partial charge >= 0.3 is 0 Å². The van der Waals surface area contributed by atoms with Gasteiger partial charge in [0.1, 0.15) is 0 Å². The van der Waals surface area contributed by atoms with Crippen molar-refractivity contribution in [3.05, 3.63) is 46.7 Å². The monoisotopic (exact) mass is 244 g/mol. The van der Waals surface area contributed by atoms with Gasteiger partial charge in [-0.25, -0.2) is 0 Å². The highest BCUT2D eigenvalue weighted by Crippen LogP contribution is 2.36. The number of para-hydroxylation sites is 2. The average Bonchev–Trinajstić information content (AvgIpc) is 3.05. The summed E-state index contributed by atoms with van der Waals surface area (Å²) in [6.07, 6.45) is 2.58. The van der Waals surface area contributed by atoms with Crippen LogP contribution in [0.15, 0.2) is 41.8 Å². The maximum atomic E-state index is 6.08. The highest BCUT2D eigenvalue weighted by atomic mass is 32.1. The molecule has 0 saturated heterocycles. The van der Waals surface area contributed by atoms with Gasteiger partial charge in [-0.15, -0.1) is 11.3 Å². The van der Waals surface area contributed by atoms with Crippen LogP contribution in [0.5, 0.6) is 0 Å². The third-order valence-corrected chi connectivity index (χ3v) is 4.00. The van der Waals surface area contributed by atoms with Crippen LogP contribution in [0.25, 0.3) is 0 Å². The molecule has 88 valence electrons. The third kappa shape index (κ3) is 2.29. The van der Waals surface area contributed by atoms with E-state index in [9.17, 15) is 0 Å². The van der Waals surface area contributed by atoms with Crippen LogP contribution >= 0.6 is 11.3 Å². The molecule has 1 aromatic heterocycles. The number of nitrogens with two attached hydrogens (primary N) is 1. The van der Waals surface area contributed by atoms with Gasteiger partial charge in [-0.1, -0.05) is 18.2 Å². The first-order valence-electron chi connectivity index (χ1n) is 5.98. The topological polar surface area (TPSA) is 29.3 Å². The second-order valence-electron chi connectivity index (χ2n) is 4.50. The number of nitrogen functional groups attached to an aromatic ring is 1. The Kier molecular flexibility index (Phi) is 2.77. The Morgan fingerprint density at radius 2 is 2.00 bits per heavy atom. The van der Waals surface area contributed by atoms with E-state index in [1.54, 1.807) is 0 Å². The standard InChI is InChI=1S/C14H16N2S/c15-13-5-1-2-6-14(13)16(11-7-8-11)10-12-4-3-9-17-12/h1-6,9,11H,7-8,10,15H2. The zero-order valence-corrected chi connectivity index (χ0v) is 10.5.